The molecule has 0 bridgehead atoms. The van der Waals surface area contributed by atoms with Gasteiger partial charge in [-0.2, -0.15) is 0 Å². The van der Waals surface area contributed by atoms with Gasteiger partial charge in [0.05, 0.1) is 27.5 Å². The zero-order valence-electron chi connectivity index (χ0n) is 18.7. The number of allylic oxidation sites excluding steroid dienone is 1. The molecular weight excluding hydrogens is 443 g/mol. The van der Waals surface area contributed by atoms with E-state index in [9.17, 15) is 14.0 Å². The molecule has 1 fully saturated rings. The Morgan fingerprint density at radius 2 is 2.12 bits per heavy atom. The number of aryl methyl sites for hydroxylation is 1. The standard InChI is InChI=1S/C23H29FN6O2S/c1-14-9-18(17(24)13-27-14)29-21-8-7-20(33-21)23(32)30-19(10-15-5-3-4-6-15)22(31)28-16(11-25)12-26-2/h7-9,11-13,15,19H,3-6,10,25H2,1-2H3,(H,27,29)(H,28,31)(H,30,32)/b16-11+,26-12?. The summed E-state index contributed by atoms with van der Waals surface area (Å²) in [5.41, 5.74) is 6.88. The summed E-state index contributed by atoms with van der Waals surface area (Å²) < 4.78 is 14.0. The number of carbonyl (C=O) groups is 2. The van der Waals surface area contributed by atoms with Crippen molar-refractivity contribution < 1.29 is 14.0 Å². The number of aliphatic imine (C=N–C) groups is 1. The van der Waals surface area contributed by atoms with Crippen molar-refractivity contribution in [2.45, 2.75) is 45.1 Å². The van der Waals surface area contributed by atoms with E-state index in [1.165, 1.54) is 23.8 Å². The van der Waals surface area contributed by atoms with E-state index in [-0.39, 0.29) is 17.5 Å². The van der Waals surface area contributed by atoms with Gasteiger partial charge >= 0.3 is 0 Å². The third kappa shape index (κ3) is 6.85. The molecule has 1 unspecified atom stereocenters. The highest BCUT2D eigenvalue weighted by Gasteiger charge is 2.27. The second-order valence-corrected chi connectivity index (χ2v) is 9.09. The fourth-order valence-electron chi connectivity index (χ4n) is 3.82. The third-order valence-electron chi connectivity index (χ3n) is 5.46. The molecule has 5 N–H and O–H groups in total. The van der Waals surface area contributed by atoms with Crippen LogP contribution >= 0.6 is 11.3 Å². The van der Waals surface area contributed by atoms with Crippen molar-refractivity contribution in [3.05, 3.63) is 52.7 Å². The smallest absolute Gasteiger partial charge is 0.262 e. The molecule has 0 spiro atoms. The normalized spacial score (nSPS) is 15.5. The van der Waals surface area contributed by atoms with Crippen LogP contribution in [-0.4, -0.2) is 36.1 Å². The number of pyridine rings is 1. The van der Waals surface area contributed by atoms with Gasteiger partial charge in [-0.15, -0.1) is 11.3 Å². The van der Waals surface area contributed by atoms with Crippen LogP contribution in [0.2, 0.25) is 0 Å². The summed E-state index contributed by atoms with van der Waals surface area (Å²) in [6, 6.07) is 4.24. The van der Waals surface area contributed by atoms with Gasteiger partial charge in [-0.3, -0.25) is 19.6 Å². The largest absolute Gasteiger partial charge is 0.403 e. The second-order valence-electron chi connectivity index (χ2n) is 8.01. The molecule has 0 saturated heterocycles. The van der Waals surface area contributed by atoms with Gasteiger partial charge in [-0.1, -0.05) is 25.7 Å². The Balaban J connectivity index is 1.70. The van der Waals surface area contributed by atoms with Crippen LogP contribution in [0.1, 0.15) is 47.5 Å². The van der Waals surface area contributed by atoms with Crippen molar-refractivity contribution in [1.29, 1.82) is 0 Å². The number of halogens is 1. The minimum Gasteiger partial charge on any atom is -0.403 e. The van der Waals surface area contributed by atoms with Crippen molar-refractivity contribution in [3.63, 3.8) is 0 Å². The van der Waals surface area contributed by atoms with Crippen LogP contribution in [0.25, 0.3) is 0 Å². The third-order valence-corrected chi connectivity index (χ3v) is 6.46. The molecule has 2 heterocycles. The number of amides is 2. The molecule has 2 aromatic heterocycles. The maximum atomic E-state index is 14.0. The number of anilines is 2. The molecule has 1 aliphatic carbocycles. The lowest BCUT2D eigenvalue weighted by Gasteiger charge is -2.21. The maximum Gasteiger partial charge on any atom is 0.262 e. The van der Waals surface area contributed by atoms with Crippen molar-refractivity contribution in [3.8, 4) is 0 Å². The van der Waals surface area contributed by atoms with Crippen LogP contribution in [0, 0.1) is 18.7 Å². The molecule has 2 amide bonds. The number of nitrogens with one attached hydrogen (secondary N) is 3. The maximum absolute atomic E-state index is 14.0. The molecule has 0 aromatic carbocycles. The average molecular weight is 473 g/mol. The van der Waals surface area contributed by atoms with Gasteiger partial charge in [-0.25, -0.2) is 4.39 Å². The fraction of sp³-hybridized carbons (Fsp3) is 0.391. The average Bonchev–Trinajstić information content (AvgIpc) is 3.47. The number of nitrogens with zero attached hydrogens (tertiary/aromatic N) is 2. The van der Waals surface area contributed by atoms with Gasteiger partial charge in [0.15, 0.2) is 5.82 Å². The van der Waals surface area contributed by atoms with Gasteiger partial charge < -0.3 is 21.7 Å². The van der Waals surface area contributed by atoms with Crippen LogP contribution in [0.5, 0.6) is 0 Å². The summed E-state index contributed by atoms with van der Waals surface area (Å²) >= 11 is 1.18. The molecule has 8 nitrogen and oxygen atoms in total. The van der Waals surface area contributed by atoms with Crippen LogP contribution < -0.4 is 21.7 Å². The molecule has 1 aliphatic rings. The van der Waals surface area contributed by atoms with E-state index < -0.39 is 11.9 Å². The summed E-state index contributed by atoms with van der Waals surface area (Å²) in [4.78, 5) is 34.1. The minimum atomic E-state index is -0.709. The molecular formula is C23H29FN6O2S. The van der Waals surface area contributed by atoms with Gasteiger partial charge in [0.25, 0.3) is 5.91 Å². The van der Waals surface area contributed by atoms with E-state index in [0.29, 0.717) is 33.6 Å². The zero-order chi connectivity index (χ0) is 23.8. The van der Waals surface area contributed by atoms with E-state index >= 15 is 0 Å². The zero-order valence-corrected chi connectivity index (χ0v) is 19.5. The highest BCUT2D eigenvalue weighted by Crippen LogP contribution is 2.30. The van der Waals surface area contributed by atoms with Crippen molar-refractivity contribution in [2.75, 3.05) is 12.4 Å². The van der Waals surface area contributed by atoms with Gasteiger partial charge in [0.2, 0.25) is 5.91 Å². The summed E-state index contributed by atoms with van der Waals surface area (Å²) in [7, 11) is 1.58. The molecule has 1 atom stereocenters. The predicted octanol–water partition coefficient (Wildman–Crippen LogP) is 3.63. The fourth-order valence-corrected chi connectivity index (χ4v) is 4.65. The Morgan fingerprint density at radius 3 is 2.82 bits per heavy atom. The van der Waals surface area contributed by atoms with Gasteiger partial charge in [0, 0.05) is 25.2 Å². The second kappa shape index (κ2) is 11.6. The molecule has 0 aliphatic heterocycles. The lowest BCUT2D eigenvalue weighted by Crippen LogP contribution is -2.47. The monoisotopic (exact) mass is 472 g/mol. The molecule has 1 saturated carbocycles. The van der Waals surface area contributed by atoms with E-state index in [0.717, 1.165) is 31.9 Å². The number of thiophene rings is 1. The Hall–Kier alpha value is -3.27. The van der Waals surface area contributed by atoms with Crippen LogP contribution in [0.15, 0.2) is 41.3 Å². The molecule has 10 heteroatoms. The topological polar surface area (TPSA) is 121 Å². The minimum absolute atomic E-state index is 0.286. The lowest BCUT2D eigenvalue weighted by molar-refractivity contribution is -0.122. The van der Waals surface area contributed by atoms with Crippen molar-refractivity contribution in [2.24, 2.45) is 16.6 Å². The first-order valence-electron chi connectivity index (χ1n) is 10.8. The molecule has 176 valence electrons. The number of nitrogens with two attached hydrogens (primary N) is 1. The number of hydrogen-bond acceptors (Lipinski definition) is 7. The Bertz CT molecular complexity index is 1050. The first-order valence-corrected chi connectivity index (χ1v) is 11.7. The van der Waals surface area contributed by atoms with Crippen LogP contribution in [-0.2, 0) is 4.79 Å². The summed E-state index contributed by atoms with van der Waals surface area (Å²) in [5, 5.41) is 9.17. The molecule has 2 aromatic rings. The number of aromatic nitrogens is 1. The first kappa shape index (κ1) is 24.4. The number of carbonyl (C=O) groups excluding carboxylic acids is 2. The van der Waals surface area contributed by atoms with Crippen molar-refractivity contribution >= 4 is 40.1 Å². The Morgan fingerprint density at radius 1 is 1.36 bits per heavy atom. The Labute approximate surface area is 196 Å². The molecule has 0 radical (unpaired) electrons. The highest BCUT2D eigenvalue weighted by molar-refractivity contribution is 7.18. The van der Waals surface area contributed by atoms with E-state index in [1.54, 1.807) is 32.2 Å². The lowest BCUT2D eigenvalue weighted by atomic mass is 9.97. The quantitative estimate of drug-likeness (QED) is 0.415. The summed E-state index contributed by atoms with van der Waals surface area (Å²) in [5.74, 6) is -0.798. The predicted molar refractivity (Wildman–Crippen MR) is 129 cm³/mol. The summed E-state index contributed by atoms with van der Waals surface area (Å²) in [6.45, 7) is 1.77. The first-order chi connectivity index (χ1) is 15.9. The summed E-state index contributed by atoms with van der Waals surface area (Å²) in [6.07, 6.45) is 8.76. The van der Waals surface area contributed by atoms with Crippen LogP contribution in [0.4, 0.5) is 15.1 Å². The number of rotatable bonds is 9. The van der Waals surface area contributed by atoms with Gasteiger partial charge in [-0.05, 0) is 37.5 Å². The van der Waals surface area contributed by atoms with Crippen molar-refractivity contribution in [1.82, 2.24) is 15.6 Å². The molecule has 33 heavy (non-hydrogen) atoms. The SMILES string of the molecule is CN=C/C(=C\N)NC(=O)C(CC1CCCC1)NC(=O)c1ccc(Nc2cc(C)ncc2F)s1. The van der Waals surface area contributed by atoms with E-state index in [4.69, 9.17) is 5.73 Å². The number of hydrogen-bond donors (Lipinski definition) is 4. The van der Waals surface area contributed by atoms with Gasteiger partial charge in [0.1, 0.15) is 6.04 Å². The molecule has 3 rings (SSSR count). The highest BCUT2D eigenvalue weighted by atomic mass is 32.1. The van der Waals surface area contributed by atoms with E-state index in [2.05, 4.69) is 25.9 Å². The Kier molecular flexibility index (Phi) is 8.53. The van der Waals surface area contributed by atoms with E-state index in [1.807, 2.05) is 0 Å². The van der Waals surface area contributed by atoms with Crippen LogP contribution in [0.3, 0.4) is 0 Å².